The Balaban J connectivity index is 2.29. The van der Waals surface area contributed by atoms with Crippen LogP contribution in [-0.2, 0) is 9.53 Å². The average molecular weight is 170 g/mol. The maximum Gasteiger partial charge on any atom is 0.160 e. The summed E-state index contributed by atoms with van der Waals surface area (Å²) in [7, 11) is 0. The van der Waals surface area contributed by atoms with Gasteiger partial charge in [0.1, 0.15) is 0 Å². The number of Topliss-reactive ketones (excluding diaryl/α,β-unsaturated/α-hetero) is 1. The Morgan fingerprint density at radius 2 is 2.42 bits per heavy atom. The maximum atomic E-state index is 11.2. The number of carbonyl (C=O) groups excluding carboxylic acids is 1. The Kier molecular flexibility index (Phi) is 3.97. The van der Waals surface area contributed by atoms with Crippen molar-refractivity contribution in [2.24, 2.45) is 0 Å². The molecule has 0 atom stereocenters. The normalized spacial score (nSPS) is 17.8. The molecule has 0 unspecified atom stereocenters. The van der Waals surface area contributed by atoms with Crippen LogP contribution in [0.15, 0.2) is 11.6 Å². The van der Waals surface area contributed by atoms with E-state index in [0.29, 0.717) is 19.6 Å². The average Bonchev–Trinajstić information content (AvgIpc) is 2.09. The van der Waals surface area contributed by atoms with Crippen molar-refractivity contribution in [1.82, 2.24) is 0 Å². The number of hydrogen-bond acceptors (Lipinski definition) is 3. The highest BCUT2D eigenvalue weighted by molar-refractivity contribution is 5.96. The molecule has 0 bridgehead atoms. The van der Waals surface area contributed by atoms with Gasteiger partial charge in [-0.3, -0.25) is 4.79 Å². The van der Waals surface area contributed by atoms with Gasteiger partial charge < -0.3 is 9.84 Å². The van der Waals surface area contributed by atoms with Crippen molar-refractivity contribution in [1.29, 1.82) is 0 Å². The third kappa shape index (κ3) is 2.75. The lowest BCUT2D eigenvalue weighted by molar-refractivity contribution is -0.116. The van der Waals surface area contributed by atoms with Gasteiger partial charge in [0, 0.05) is 12.0 Å². The monoisotopic (exact) mass is 170 g/mol. The Hall–Kier alpha value is -0.670. The van der Waals surface area contributed by atoms with E-state index >= 15 is 0 Å². The second kappa shape index (κ2) is 5.06. The van der Waals surface area contributed by atoms with Crippen LogP contribution < -0.4 is 0 Å². The highest BCUT2D eigenvalue weighted by Gasteiger charge is 2.12. The number of allylic oxidation sites excluding steroid dienone is 1. The minimum Gasteiger partial charge on any atom is -0.394 e. The fourth-order valence-corrected chi connectivity index (χ4v) is 1.20. The van der Waals surface area contributed by atoms with E-state index in [1.807, 2.05) is 6.08 Å². The van der Waals surface area contributed by atoms with Gasteiger partial charge >= 0.3 is 0 Å². The van der Waals surface area contributed by atoms with E-state index < -0.39 is 0 Å². The van der Waals surface area contributed by atoms with Crippen molar-refractivity contribution in [3.05, 3.63) is 11.6 Å². The molecule has 0 amide bonds. The van der Waals surface area contributed by atoms with E-state index in [1.165, 1.54) is 0 Å². The number of ether oxygens (including phenoxy) is 1. The van der Waals surface area contributed by atoms with Gasteiger partial charge in [-0.05, 0) is 12.8 Å². The number of carbonyl (C=O) groups is 1. The first-order valence-electron chi connectivity index (χ1n) is 4.25. The first-order chi connectivity index (χ1) is 5.84. The van der Waals surface area contributed by atoms with Gasteiger partial charge in [-0.25, -0.2) is 0 Å². The van der Waals surface area contributed by atoms with Gasteiger partial charge in [-0.1, -0.05) is 6.08 Å². The molecule has 0 aliphatic heterocycles. The fraction of sp³-hybridized carbons (Fsp3) is 0.667. The van der Waals surface area contributed by atoms with Gasteiger partial charge in [0.15, 0.2) is 5.78 Å². The molecule has 0 spiro atoms. The second-order valence-corrected chi connectivity index (χ2v) is 2.82. The first-order valence-corrected chi connectivity index (χ1v) is 4.25. The van der Waals surface area contributed by atoms with Crippen LogP contribution in [0.1, 0.15) is 19.3 Å². The van der Waals surface area contributed by atoms with Crippen molar-refractivity contribution in [3.63, 3.8) is 0 Å². The predicted molar refractivity (Wildman–Crippen MR) is 44.8 cm³/mol. The Morgan fingerprint density at radius 3 is 3.08 bits per heavy atom. The summed E-state index contributed by atoms with van der Waals surface area (Å²) in [4.78, 5) is 11.2. The quantitative estimate of drug-likeness (QED) is 0.631. The van der Waals surface area contributed by atoms with E-state index in [9.17, 15) is 4.79 Å². The molecule has 3 heteroatoms. The van der Waals surface area contributed by atoms with Gasteiger partial charge in [0.25, 0.3) is 0 Å². The lowest BCUT2D eigenvalue weighted by atomic mass is 9.99. The van der Waals surface area contributed by atoms with Gasteiger partial charge in [-0.2, -0.15) is 0 Å². The fourth-order valence-electron chi connectivity index (χ4n) is 1.20. The Bertz CT molecular complexity index is 184. The van der Waals surface area contributed by atoms with Crippen LogP contribution in [0, 0.1) is 0 Å². The molecule has 0 saturated carbocycles. The van der Waals surface area contributed by atoms with Gasteiger partial charge in [0.05, 0.1) is 19.8 Å². The minimum atomic E-state index is 0.0153. The standard InChI is InChI=1S/C9H14O3/c10-5-6-12-7-8-3-1-2-4-9(8)11/h3,10H,1-2,4-7H2. The van der Waals surface area contributed by atoms with Crippen LogP contribution in [-0.4, -0.2) is 30.7 Å². The van der Waals surface area contributed by atoms with E-state index in [4.69, 9.17) is 9.84 Å². The molecule has 0 aromatic heterocycles. The molecule has 1 aliphatic carbocycles. The zero-order valence-electron chi connectivity index (χ0n) is 7.08. The summed E-state index contributed by atoms with van der Waals surface area (Å²) in [6.07, 6.45) is 4.52. The molecule has 0 fully saturated rings. The lowest BCUT2D eigenvalue weighted by Gasteiger charge is -2.11. The molecule has 68 valence electrons. The van der Waals surface area contributed by atoms with Crippen LogP contribution >= 0.6 is 0 Å². The van der Waals surface area contributed by atoms with Crippen LogP contribution in [0.25, 0.3) is 0 Å². The van der Waals surface area contributed by atoms with Crippen molar-refractivity contribution in [2.45, 2.75) is 19.3 Å². The van der Waals surface area contributed by atoms with E-state index in [0.717, 1.165) is 18.4 Å². The summed E-state index contributed by atoms with van der Waals surface area (Å²) < 4.78 is 5.05. The third-order valence-electron chi connectivity index (χ3n) is 1.85. The molecule has 0 aromatic rings. The van der Waals surface area contributed by atoms with Crippen molar-refractivity contribution in [3.8, 4) is 0 Å². The van der Waals surface area contributed by atoms with E-state index in [-0.39, 0.29) is 12.4 Å². The Morgan fingerprint density at radius 1 is 1.58 bits per heavy atom. The second-order valence-electron chi connectivity index (χ2n) is 2.82. The molecule has 0 saturated heterocycles. The summed E-state index contributed by atoms with van der Waals surface area (Å²) in [5.41, 5.74) is 0.773. The molecular weight excluding hydrogens is 156 g/mol. The number of aliphatic hydroxyl groups excluding tert-OH is 1. The zero-order chi connectivity index (χ0) is 8.81. The number of ketones is 1. The summed E-state index contributed by atoms with van der Waals surface area (Å²) in [6, 6.07) is 0. The Labute approximate surface area is 72.0 Å². The number of rotatable bonds is 4. The van der Waals surface area contributed by atoms with Crippen molar-refractivity contribution >= 4 is 5.78 Å². The maximum absolute atomic E-state index is 11.2. The summed E-state index contributed by atoms with van der Waals surface area (Å²) in [5, 5.41) is 8.43. The topological polar surface area (TPSA) is 46.5 Å². The SMILES string of the molecule is O=C1CCCC=C1COCCO. The summed E-state index contributed by atoms with van der Waals surface area (Å²) >= 11 is 0. The predicted octanol–water partition coefficient (Wildman–Crippen LogP) is 0.675. The first kappa shape index (κ1) is 9.42. The van der Waals surface area contributed by atoms with Crippen LogP contribution in [0.5, 0.6) is 0 Å². The smallest absolute Gasteiger partial charge is 0.160 e. The lowest BCUT2D eigenvalue weighted by Crippen LogP contribution is -2.13. The van der Waals surface area contributed by atoms with Crippen molar-refractivity contribution < 1.29 is 14.6 Å². The van der Waals surface area contributed by atoms with Crippen LogP contribution in [0.4, 0.5) is 0 Å². The zero-order valence-corrected chi connectivity index (χ0v) is 7.08. The third-order valence-corrected chi connectivity index (χ3v) is 1.85. The highest BCUT2D eigenvalue weighted by atomic mass is 16.5. The van der Waals surface area contributed by atoms with Crippen LogP contribution in [0.2, 0.25) is 0 Å². The highest BCUT2D eigenvalue weighted by Crippen LogP contribution is 2.13. The summed E-state index contributed by atoms with van der Waals surface area (Å²) in [5.74, 6) is 0.194. The molecule has 3 nitrogen and oxygen atoms in total. The summed E-state index contributed by atoms with van der Waals surface area (Å²) in [6.45, 7) is 0.686. The largest absolute Gasteiger partial charge is 0.394 e. The molecule has 0 heterocycles. The van der Waals surface area contributed by atoms with E-state index in [2.05, 4.69) is 0 Å². The number of hydrogen-bond donors (Lipinski definition) is 1. The van der Waals surface area contributed by atoms with Crippen LogP contribution in [0.3, 0.4) is 0 Å². The molecule has 1 aliphatic rings. The molecule has 12 heavy (non-hydrogen) atoms. The molecule has 0 aromatic carbocycles. The molecule has 1 rings (SSSR count). The van der Waals surface area contributed by atoms with Gasteiger partial charge in [-0.15, -0.1) is 0 Å². The molecule has 1 N–H and O–H groups in total. The molecular formula is C9H14O3. The van der Waals surface area contributed by atoms with Gasteiger partial charge in [0.2, 0.25) is 0 Å². The van der Waals surface area contributed by atoms with Crippen molar-refractivity contribution in [2.75, 3.05) is 19.8 Å². The van der Waals surface area contributed by atoms with E-state index in [1.54, 1.807) is 0 Å². The number of aliphatic hydroxyl groups is 1. The molecule has 0 radical (unpaired) electrons. The minimum absolute atomic E-state index is 0.0153.